The average Bonchev–Trinajstić information content (AvgIpc) is 2.92. The minimum Gasteiger partial charge on any atom is -0.315 e. The molecule has 0 saturated carbocycles. The molecule has 0 bridgehead atoms. The molecule has 0 fully saturated rings. The van der Waals surface area contributed by atoms with Crippen molar-refractivity contribution in [1.82, 2.24) is 24.6 Å². The number of fused-ring (bicyclic) bond motifs is 1. The van der Waals surface area contributed by atoms with Crippen LogP contribution >= 0.6 is 0 Å². The zero-order valence-corrected chi connectivity index (χ0v) is 11.4. The number of para-hydroxylation sites is 2. The topological polar surface area (TPSA) is 47.7 Å². The summed E-state index contributed by atoms with van der Waals surface area (Å²) in [4.78, 5) is 4.45. The fourth-order valence-corrected chi connectivity index (χ4v) is 2.50. The van der Waals surface area contributed by atoms with Crippen LogP contribution in [-0.2, 0) is 13.6 Å². The van der Waals surface area contributed by atoms with E-state index < -0.39 is 0 Å². The van der Waals surface area contributed by atoms with E-state index in [2.05, 4.69) is 26.0 Å². The van der Waals surface area contributed by atoms with Crippen molar-refractivity contribution >= 4 is 11.0 Å². The fraction of sp³-hybridized carbons (Fsp3) is 0.286. The molecular formula is C14H17N5. The van der Waals surface area contributed by atoms with Gasteiger partial charge >= 0.3 is 0 Å². The molecule has 0 saturated heterocycles. The van der Waals surface area contributed by atoms with E-state index in [1.54, 1.807) is 0 Å². The van der Waals surface area contributed by atoms with E-state index in [4.69, 9.17) is 0 Å². The highest BCUT2D eigenvalue weighted by molar-refractivity contribution is 5.77. The van der Waals surface area contributed by atoms with Gasteiger partial charge in [-0.1, -0.05) is 12.1 Å². The summed E-state index contributed by atoms with van der Waals surface area (Å²) in [6.45, 7) is 2.83. The first-order valence-electron chi connectivity index (χ1n) is 6.32. The van der Waals surface area contributed by atoms with Gasteiger partial charge in [-0.2, -0.15) is 5.10 Å². The quantitative estimate of drug-likeness (QED) is 0.776. The maximum atomic E-state index is 4.52. The van der Waals surface area contributed by atoms with Crippen LogP contribution in [0.25, 0.3) is 16.9 Å². The van der Waals surface area contributed by atoms with Gasteiger partial charge in [0.1, 0.15) is 12.1 Å². The first-order valence-corrected chi connectivity index (χ1v) is 6.32. The molecule has 0 atom stereocenters. The first kappa shape index (κ1) is 11.9. The van der Waals surface area contributed by atoms with Crippen LogP contribution in [0.4, 0.5) is 0 Å². The summed E-state index contributed by atoms with van der Waals surface area (Å²) >= 11 is 0. The van der Waals surface area contributed by atoms with Crippen LogP contribution in [0, 0.1) is 6.92 Å². The van der Waals surface area contributed by atoms with Crippen LogP contribution in [0.5, 0.6) is 0 Å². The summed E-state index contributed by atoms with van der Waals surface area (Å²) in [5, 5.41) is 7.72. The minimum absolute atomic E-state index is 0.793. The van der Waals surface area contributed by atoms with Crippen LogP contribution in [0.3, 0.4) is 0 Å². The molecule has 3 rings (SSSR count). The van der Waals surface area contributed by atoms with Gasteiger partial charge < -0.3 is 5.32 Å². The van der Waals surface area contributed by atoms with Gasteiger partial charge in [0, 0.05) is 19.2 Å². The molecule has 0 radical (unpaired) electrons. The van der Waals surface area contributed by atoms with Gasteiger partial charge in [0.25, 0.3) is 0 Å². The lowest BCUT2D eigenvalue weighted by molar-refractivity contribution is 0.723. The lowest BCUT2D eigenvalue weighted by Crippen LogP contribution is -2.10. The summed E-state index contributed by atoms with van der Waals surface area (Å²) in [6, 6.07) is 8.13. The predicted molar refractivity (Wildman–Crippen MR) is 75.3 cm³/mol. The van der Waals surface area contributed by atoms with Crippen molar-refractivity contribution in [1.29, 1.82) is 0 Å². The average molecular weight is 255 g/mol. The molecule has 5 nitrogen and oxygen atoms in total. The third-order valence-electron chi connectivity index (χ3n) is 3.35. The Morgan fingerprint density at radius 2 is 2.05 bits per heavy atom. The SMILES string of the molecule is CNCc1c(C)nn(C)c1-n1cnc2ccccc21. The van der Waals surface area contributed by atoms with Crippen LogP contribution in [0.1, 0.15) is 11.3 Å². The van der Waals surface area contributed by atoms with Crippen molar-refractivity contribution in [2.24, 2.45) is 7.05 Å². The maximum Gasteiger partial charge on any atom is 0.141 e. The van der Waals surface area contributed by atoms with Crippen LogP contribution in [-0.4, -0.2) is 26.4 Å². The molecule has 1 N–H and O–H groups in total. The Morgan fingerprint density at radius 1 is 1.26 bits per heavy atom. The summed E-state index contributed by atoms with van der Waals surface area (Å²) in [5.74, 6) is 1.07. The van der Waals surface area contributed by atoms with Gasteiger partial charge in [-0.25, -0.2) is 4.98 Å². The molecule has 0 spiro atoms. The Balaban J connectivity index is 2.26. The number of hydrogen-bond donors (Lipinski definition) is 1. The van der Waals surface area contributed by atoms with Crippen molar-refractivity contribution in [3.63, 3.8) is 0 Å². The summed E-state index contributed by atoms with van der Waals surface area (Å²) in [7, 11) is 3.92. The van der Waals surface area contributed by atoms with Crippen LogP contribution < -0.4 is 5.32 Å². The number of benzene rings is 1. The molecule has 0 unspecified atom stereocenters. The largest absolute Gasteiger partial charge is 0.315 e. The van der Waals surface area contributed by atoms with E-state index in [9.17, 15) is 0 Å². The molecule has 3 aromatic rings. The zero-order chi connectivity index (χ0) is 13.4. The number of imidazole rings is 1. The Bertz CT molecular complexity index is 723. The van der Waals surface area contributed by atoms with E-state index in [1.807, 2.05) is 50.2 Å². The molecule has 2 heterocycles. The lowest BCUT2D eigenvalue weighted by Gasteiger charge is -2.08. The highest BCUT2D eigenvalue weighted by atomic mass is 15.3. The lowest BCUT2D eigenvalue weighted by atomic mass is 10.2. The predicted octanol–water partition coefficient (Wildman–Crippen LogP) is 1.79. The van der Waals surface area contributed by atoms with Crippen LogP contribution in [0.15, 0.2) is 30.6 Å². The van der Waals surface area contributed by atoms with Crippen molar-refractivity contribution in [3.05, 3.63) is 41.9 Å². The number of rotatable bonds is 3. The van der Waals surface area contributed by atoms with Crippen molar-refractivity contribution in [3.8, 4) is 5.82 Å². The Labute approximate surface area is 111 Å². The van der Waals surface area contributed by atoms with E-state index in [0.717, 1.165) is 29.1 Å². The summed E-state index contributed by atoms with van der Waals surface area (Å²) < 4.78 is 4.01. The third kappa shape index (κ3) is 1.82. The minimum atomic E-state index is 0.793. The molecular weight excluding hydrogens is 238 g/mol. The molecule has 98 valence electrons. The molecule has 5 heteroatoms. The van der Waals surface area contributed by atoms with E-state index in [0.29, 0.717) is 0 Å². The Hall–Kier alpha value is -2.14. The number of nitrogens with zero attached hydrogens (tertiary/aromatic N) is 4. The van der Waals surface area contributed by atoms with Crippen molar-refractivity contribution < 1.29 is 0 Å². The Morgan fingerprint density at radius 3 is 2.84 bits per heavy atom. The monoisotopic (exact) mass is 255 g/mol. The second-order valence-corrected chi connectivity index (χ2v) is 4.64. The van der Waals surface area contributed by atoms with Gasteiger partial charge in [-0.05, 0) is 26.1 Å². The molecule has 19 heavy (non-hydrogen) atoms. The second-order valence-electron chi connectivity index (χ2n) is 4.64. The van der Waals surface area contributed by atoms with Gasteiger partial charge in [0.15, 0.2) is 0 Å². The zero-order valence-electron chi connectivity index (χ0n) is 11.4. The van der Waals surface area contributed by atoms with Gasteiger partial charge in [-0.15, -0.1) is 0 Å². The van der Waals surface area contributed by atoms with Gasteiger partial charge in [0.2, 0.25) is 0 Å². The highest BCUT2D eigenvalue weighted by Crippen LogP contribution is 2.22. The normalized spacial score (nSPS) is 11.3. The highest BCUT2D eigenvalue weighted by Gasteiger charge is 2.16. The van der Waals surface area contributed by atoms with Crippen molar-refractivity contribution in [2.45, 2.75) is 13.5 Å². The van der Waals surface area contributed by atoms with Crippen molar-refractivity contribution in [2.75, 3.05) is 7.05 Å². The molecule has 1 aromatic carbocycles. The molecule has 0 amide bonds. The molecule has 2 aromatic heterocycles. The van der Waals surface area contributed by atoms with Crippen LogP contribution in [0.2, 0.25) is 0 Å². The molecule has 0 aliphatic heterocycles. The number of aromatic nitrogens is 4. The second kappa shape index (κ2) is 4.51. The summed E-state index contributed by atoms with van der Waals surface area (Å²) in [6.07, 6.45) is 1.86. The van der Waals surface area contributed by atoms with E-state index in [-0.39, 0.29) is 0 Å². The van der Waals surface area contributed by atoms with E-state index >= 15 is 0 Å². The molecule has 0 aliphatic carbocycles. The molecule has 0 aliphatic rings. The number of nitrogens with one attached hydrogen (secondary N) is 1. The Kier molecular flexibility index (Phi) is 2.83. The standard InChI is InChI=1S/C14H17N5/c1-10-11(8-15-2)14(18(3)17-10)19-9-16-12-6-4-5-7-13(12)19/h4-7,9,15H,8H2,1-3H3. The van der Waals surface area contributed by atoms with Gasteiger partial charge in [-0.3, -0.25) is 9.25 Å². The van der Waals surface area contributed by atoms with E-state index in [1.165, 1.54) is 5.56 Å². The number of hydrogen-bond acceptors (Lipinski definition) is 3. The van der Waals surface area contributed by atoms with Gasteiger partial charge in [0.05, 0.1) is 16.7 Å². The third-order valence-corrected chi connectivity index (χ3v) is 3.35. The maximum absolute atomic E-state index is 4.52. The summed E-state index contributed by atoms with van der Waals surface area (Å²) in [5.41, 5.74) is 4.34. The smallest absolute Gasteiger partial charge is 0.141 e. The number of aryl methyl sites for hydroxylation is 2. The fourth-order valence-electron chi connectivity index (χ4n) is 2.50. The first-order chi connectivity index (χ1) is 9.22.